The standard InChI is InChI=1S/C11H18N4S/c1-2-7-15(8-3-1)11-14-13-10(16-11)9-5-4-6-12-9/h9,12H,1-8H2. The molecule has 0 spiro atoms. The first-order chi connectivity index (χ1) is 7.93. The first-order valence-electron chi connectivity index (χ1n) is 6.25. The summed E-state index contributed by atoms with van der Waals surface area (Å²) in [4.78, 5) is 2.39. The Bertz CT molecular complexity index is 340. The van der Waals surface area contributed by atoms with Crippen molar-refractivity contribution >= 4 is 16.5 Å². The van der Waals surface area contributed by atoms with Crippen molar-refractivity contribution in [3.63, 3.8) is 0 Å². The lowest BCUT2D eigenvalue weighted by atomic mass is 10.1. The normalized spacial score (nSPS) is 26.2. The fraction of sp³-hybridized carbons (Fsp3) is 0.818. The van der Waals surface area contributed by atoms with Crippen LogP contribution in [0, 0.1) is 0 Å². The number of rotatable bonds is 2. The van der Waals surface area contributed by atoms with Gasteiger partial charge in [0.15, 0.2) is 0 Å². The molecule has 2 aliphatic rings. The molecule has 88 valence electrons. The molecule has 2 saturated heterocycles. The Labute approximate surface area is 100 Å². The molecule has 16 heavy (non-hydrogen) atoms. The van der Waals surface area contributed by atoms with Gasteiger partial charge in [-0.2, -0.15) is 0 Å². The number of hydrogen-bond acceptors (Lipinski definition) is 5. The minimum absolute atomic E-state index is 0.469. The average molecular weight is 238 g/mol. The Morgan fingerprint density at radius 1 is 1.12 bits per heavy atom. The second-order valence-corrected chi connectivity index (χ2v) is 5.61. The van der Waals surface area contributed by atoms with Crippen LogP contribution in [0.15, 0.2) is 0 Å². The van der Waals surface area contributed by atoms with E-state index in [9.17, 15) is 0 Å². The third-order valence-electron chi connectivity index (χ3n) is 3.41. The van der Waals surface area contributed by atoms with E-state index in [1.807, 2.05) is 0 Å². The van der Waals surface area contributed by atoms with Gasteiger partial charge in [0.25, 0.3) is 0 Å². The largest absolute Gasteiger partial charge is 0.347 e. The third kappa shape index (κ3) is 2.06. The van der Waals surface area contributed by atoms with Gasteiger partial charge in [0.1, 0.15) is 5.01 Å². The van der Waals surface area contributed by atoms with Gasteiger partial charge in [0, 0.05) is 13.1 Å². The van der Waals surface area contributed by atoms with Crippen LogP contribution in [0.5, 0.6) is 0 Å². The number of aromatic nitrogens is 2. The second kappa shape index (κ2) is 4.67. The van der Waals surface area contributed by atoms with Gasteiger partial charge in [0.2, 0.25) is 5.13 Å². The Morgan fingerprint density at radius 3 is 2.75 bits per heavy atom. The summed E-state index contributed by atoms with van der Waals surface area (Å²) in [5, 5.41) is 14.5. The summed E-state index contributed by atoms with van der Waals surface area (Å²) in [6.07, 6.45) is 6.46. The molecule has 0 saturated carbocycles. The van der Waals surface area contributed by atoms with Crippen molar-refractivity contribution in [2.45, 2.75) is 38.1 Å². The molecular formula is C11H18N4S. The maximum absolute atomic E-state index is 4.34. The van der Waals surface area contributed by atoms with Crippen molar-refractivity contribution in [3.05, 3.63) is 5.01 Å². The van der Waals surface area contributed by atoms with Crippen LogP contribution in [0.25, 0.3) is 0 Å². The van der Waals surface area contributed by atoms with Gasteiger partial charge < -0.3 is 10.2 Å². The zero-order valence-electron chi connectivity index (χ0n) is 9.48. The molecule has 5 heteroatoms. The van der Waals surface area contributed by atoms with Crippen LogP contribution in [-0.4, -0.2) is 29.8 Å². The smallest absolute Gasteiger partial charge is 0.208 e. The van der Waals surface area contributed by atoms with Crippen molar-refractivity contribution in [3.8, 4) is 0 Å². The predicted molar refractivity (Wildman–Crippen MR) is 66.0 cm³/mol. The fourth-order valence-electron chi connectivity index (χ4n) is 2.48. The minimum atomic E-state index is 0.469. The number of piperidine rings is 1. The molecule has 0 bridgehead atoms. The Balaban J connectivity index is 1.71. The van der Waals surface area contributed by atoms with Crippen molar-refractivity contribution in [2.24, 2.45) is 0 Å². The highest BCUT2D eigenvalue weighted by Crippen LogP contribution is 2.30. The number of hydrogen-bond donors (Lipinski definition) is 1. The van der Waals surface area contributed by atoms with E-state index in [4.69, 9.17) is 0 Å². The van der Waals surface area contributed by atoms with Crippen LogP contribution in [0.2, 0.25) is 0 Å². The van der Waals surface area contributed by atoms with Crippen LogP contribution in [0.3, 0.4) is 0 Å². The van der Waals surface area contributed by atoms with E-state index in [0.717, 1.165) is 24.8 Å². The lowest BCUT2D eigenvalue weighted by Crippen LogP contribution is -2.29. The minimum Gasteiger partial charge on any atom is -0.347 e. The SMILES string of the molecule is C1CCN(c2nnc(C3CCCN3)s2)CC1. The van der Waals surface area contributed by atoms with Gasteiger partial charge in [-0.15, -0.1) is 10.2 Å². The van der Waals surface area contributed by atoms with Crippen molar-refractivity contribution < 1.29 is 0 Å². The van der Waals surface area contributed by atoms with Crippen molar-refractivity contribution in [1.82, 2.24) is 15.5 Å². The Kier molecular flexibility index (Phi) is 3.06. The molecule has 1 unspecified atom stereocenters. The topological polar surface area (TPSA) is 41.1 Å². The van der Waals surface area contributed by atoms with Crippen LogP contribution in [-0.2, 0) is 0 Å². The van der Waals surface area contributed by atoms with Gasteiger partial charge in [-0.1, -0.05) is 11.3 Å². The average Bonchev–Trinajstić information content (AvgIpc) is 3.01. The van der Waals surface area contributed by atoms with Crippen LogP contribution < -0.4 is 10.2 Å². The maximum Gasteiger partial charge on any atom is 0.208 e. The fourth-order valence-corrected chi connectivity index (χ4v) is 3.48. The molecule has 2 aliphatic heterocycles. The highest BCUT2D eigenvalue weighted by atomic mass is 32.1. The number of nitrogens with one attached hydrogen (secondary N) is 1. The van der Waals surface area contributed by atoms with E-state index >= 15 is 0 Å². The van der Waals surface area contributed by atoms with E-state index in [-0.39, 0.29) is 0 Å². The van der Waals surface area contributed by atoms with Gasteiger partial charge in [-0.05, 0) is 38.6 Å². The van der Waals surface area contributed by atoms with Crippen LogP contribution in [0.4, 0.5) is 5.13 Å². The van der Waals surface area contributed by atoms with Crippen molar-refractivity contribution in [2.75, 3.05) is 24.5 Å². The van der Waals surface area contributed by atoms with E-state index in [0.29, 0.717) is 6.04 Å². The first kappa shape index (κ1) is 10.5. The summed E-state index contributed by atoms with van der Waals surface area (Å²) < 4.78 is 0. The molecule has 4 nitrogen and oxygen atoms in total. The Morgan fingerprint density at radius 2 is 2.00 bits per heavy atom. The molecule has 1 N–H and O–H groups in total. The molecular weight excluding hydrogens is 220 g/mol. The summed E-state index contributed by atoms with van der Waals surface area (Å²) in [5.74, 6) is 0. The predicted octanol–water partition coefficient (Wildman–Crippen LogP) is 1.95. The quantitative estimate of drug-likeness (QED) is 0.855. The van der Waals surface area contributed by atoms with Gasteiger partial charge in [0.05, 0.1) is 6.04 Å². The Hall–Kier alpha value is -0.680. The van der Waals surface area contributed by atoms with Crippen LogP contribution in [0.1, 0.15) is 43.2 Å². The summed E-state index contributed by atoms with van der Waals surface area (Å²) in [7, 11) is 0. The zero-order valence-corrected chi connectivity index (χ0v) is 10.3. The number of anilines is 1. The van der Waals surface area contributed by atoms with E-state index in [2.05, 4.69) is 20.4 Å². The summed E-state index contributed by atoms with van der Waals surface area (Å²) in [5.41, 5.74) is 0. The molecule has 0 aliphatic carbocycles. The summed E-state index contributed by atoms with van der Waals surface area (Å²) in [6.45, 7) is 3.45. The van der Waals surface area contributed by atoms with Gasteiger partial charge in [-0.25, -0.2) is 0 Å². The van der Waals surface area contributed by atoms with E-state index < -0.39 is 0 Å². The molecule has 0 aromatic carbocycles. The lowest BCUT2D eigenvalue weighted by Gasteiger charge is -2.25. The monoisotopic (exact) mass is 238 g/mol. The third-order valence-corrected chi connectivity index (χ3v) is 4.51. The molecule has 1 aromatic heterocycles. The van der Waals surface area contributed by atoms with E-state index in [1.165, 1.54) is 37.1 Å². The lowest BCUT2D eigenvalue weighted by molar-refractivity contribution is 0.575. The molecule has 3 heterocycles. The van der Waals surface area contributed by atoms with Crippen LogP contribution >= 0.6 is 11.3 Å². The molecule has 3 rings (SSSR count). The second-order valence-electron chi connectivity index (χ2n) is 4.62. The first-order valence-corrected chi connectivity index (χ1v) is 7.07. The zero-order chi connectivity index (χ0) is 10.8. The molecule has 2 fully saturated rings. The van der Waals surface area contributed by atoms with E-state index in [1.54, 1.807) is 11.3 Å². The molecule has 0 radical (unpaired) electrons. The highest BCUT2D eigenvalue weighted by Gasteiger charge is 2.22. The molecule has 1 atom stereocenters. The summed E-state index contributed by atoms with van der Waals surface area (Å²) in [6, 6.07) is 0.469. The maximum atomic E-state index is 4.34. The molecule has 0 amide bonds. The highest BCUT2D eigenvalue weighted by molar-refractivity contribution is 7.15. The molecule has 1 aromatic rings. The van der Waals surface area contributed by atoms with Crippen molar-refractivity contribution in [1.29, 1.82) is 0 Å². The number of nitrogens with zero attached hydrogens (tertiary/aromatic N) is 3. The summed E-state index contributed by atoms with van der Waals surface area (Å²) >= 11 is 1.78. The van der Waals surface area contributed by atoms with Gasteiger partial charge >= 0.3 is 0 Å². The van der Waals surface area contributed by atoms with Gasteiger partial charge in [-0.3, -0.25) is 0 Å².